The number of nitrogens with one attached hydrogen (secondary N) is 1. The Labute approximate surface area is 151 Å². The molecule has 6 heteroatoms. The van der Waals surface area contributed by atoms with Gasteiger partial charge in [0, 0.05) is 6.54 Å². The number of hydrogen-bond donors (Lipinski definition) is 1. The molecule has 3 rings (SSSR count). The van der Waals surface area contributed by atoms with Crippen molar-refractivity contribution in [2.24, 2.45) is 5.41 Å². The second-order valence-corrected chi connectivity index (χ2v) is 7.88. The minimum Gasteiger partial charge on any atom is -0.287 e. The molecule has 2 aromatic rings. The molecule has 1 aliphatic heterocycles. The Morgan fingerprint density at radius 1 is 1.08 bits per heavy atom. The molecule has 0 bridgehead atoms. The first-order valence-corrected chi connectivity index (χ1v) is 8.68. The summed E-state index contributed by atoms with van der Waals surface area (Å²) in [7, 11) is 0. The van der Waals surface area contributed by atoms with Crippen LogP contribution in [0.15, 0.2) is 36.4 Å². The number of carbonyl (C=O) groups excluding carboxylic acids is 1. The monoisotopic (exact) mass is 364 g/mol. The van der Waals surface area contributed by atoms with Crippen LogP contribution in [0.1, 0.15) is 50.8 Å². The van der Waals surface area contributed by atoms with Crippen LogP contribution in [0.25, 0.3) is 10.8 Å². The zero-order valence-corrected chi connectivity index (χ0v) is 15.3. The van der Waals surface area contributed by atoms with Gasteiger partial charge in [-0.2, -0.15) is 13.2 Å². The Hall–Kier alpha value is -2.08. The lowest BCUT2D eigenvalue weighted by Gasteiger charge is -2.32. The molecule has 1 N–H and O–H groups in total. The predicted molar refractivity (Wildman–Crippen MR) is 95.5 cm³/mol. The molecule has 0 aromatic heterocycles. The summed E-state index contributed by atoms with van der Waals surface area (Å²) in [5, 5.41) is 2.70. The van der Waals surface area contributed by atoms with E-state index in [9.17, 15) is 18.0 Å². The van der Waals surface area contributed by atoms with Crippen LogP contribution in [0, 0.1) is 5.41 Å². The molecule has 26 heavy (non-hydrogen) atoms. The van der Waals surface area contributed by atoms with E-state index in [1.54, 1.807) is 19.9 Å². The highest BCUT2D eigenvalue weighted by Crippen LogP contribution is 2.43. The van der Waals surface area contributed by atoms with E-state index in [1.807, 2.05) is 44.2 Å². The summed E-state index contributed by atoms with van der Waals surface area (Å²) >= 11 is 0. The number of fused-ring (bicyclic) bond motifs is 1. The van der Waals surface area contributed by atoms with E-state index >= 15 is 0 Å². The van der Waals surface area contributed by atoms with E-state index < -0.39 is 23.5 Å². The van der Waals surface area contributed by atoms with Crippen LogP contribution < -0.4 is 5.43 Å². The first-order chi connectivity index (χ1) is 12.0. The zero-order valence-electron chi connectivity index (χ0n) is 15.3. The van der Waals surface area contributed by atoms with Gasteiger partial charge in [0.15, 0.2) is 0 Å². The quantitative estimate of drug-likeness (QED) is 0.837. The van der Waals surface area contributed by atoms with Crippen molar-refractivity contribution >= 4 is 16.7 Å². The van der Waals surface area contributed by atoms with Crippen LogP contribution in [-0.4, -0.2) is 23.6 Å². The molecule has 0 unspecified atom stereocenters. The number of carbonyl (C=O) groups is 1. The van der Waals surface area contributed by atoms with Gasteiger partial charge in [0.05, 0.1) is 5.41 Å². The first kappa shape index (κ1) is 18.7. The van der Waals surface area contributed by atoms with Gasteiger partial charge in [0.1, 0.15) is 6.04 Å². The van der Waals surface area contributed by atoms with E-state index in [2.05, 4.69) is 5.43 Å². The summed E-state index contributed by atoms with van der Waals surface area (Å²) in [5.41, 5.74) is 2.42. The lowest BCUT2D eigenvalue weighted by Crippen LogP contribution is -2.44. The molecule has 0 aliphatic carbocycles. The molecule has 140 valence electrons. The lowest BCUT2D eigenvalue weighted by atomic mass is 9.88. The third-order valence-corrected chi connectivity index (χ3v) is 4.92. The summed E-state index contributed by atoms with van der Waals surface area (Å²) in [6, 6.07) is 8.95. The minimum atomic E-state index is -4.51. The van der Waals surface area contributed by atoms with Crippen molar-refractivity contribution in [1.82, 2.24) is 10.4 Å². The maximum absolute atomic E-state index is 14.1. The second-order valence-electron chi connectivity index (χ2n) is 7.88. The van der Waals surface area contributed by atoms with Gasteiger partial charge >= 0.3 is 6.18 Å². The van der Waals surface area contributed by atoms with Gasteiger partial charge in [-0.3, -0.25) is 10.2 Å². The van der Waals surface area contributed by atoms with E-state index in [1.165, 1.54) is 0 Å². The van der Waals surface area contributed by atoms with Gasteiger partial charge in [0.2, 0.25) is 5.91 Å². The van der Waals surface area contributed by atoms with Crippen LogP contribution >= 0.6 is 0 Å². The Bertz CT molecular complexity index is 843. The molecule has 0 saturated carbocycles. The lowest BCUT2D eigenvalue weighted by molar-refractivity contribution is -0.191. The van der Waals surface area contributed by atoms with Gasteiger partial charge in [-0.05, 0) is 47.7 Å². The second kappa shape index (κ2) is 6.27. The number of benzene rings is 2. The number of hydrogen-bond acceptors (Lipinski definition) is 2. The highest BCUT2D eigenvalue weighted by molar-refractivity contribution is 5.85. The van der Waals surface area contributed by atoms with Crippen molar-refractivity contribution in [2.45, 2.75) is 45.8 Å². The Morgan fingerprint density at radius 2 is 1.62 bits per heavy atom. The topological polar surface area (TPSA) is 32.3 Å². The first-order valence-electron chi connectivity index (χ1n) is 8.68. The van der Waals surface area contributed by atoms with Gasteiger partial charge in [0.25, 0.3) is 0 Å². The number of alkyl halides is 3. The van der Waals surface area contributed by atoms with Crippen LogP contribution in [-0.2, 0) is 4.79 Å². The summed E-state index contributed by atoms with van der Waals surface area (Å²) in [4.78, 5) is 12.1. The molecular weight excluding hydrogens is 341 g/mol. The van der Waals surface area contributed by atoms with Crippen LogP contribution in [0.3, 0.4) is 0 Å². The summed E-state index contributed by atoms with van der Waals surface area (Å²) in [6.07, 6.45) is -4.51. The molecule has 1 fully saturated rings. The summed E-state index contributed by atoms with van der Waals surface area (Å²) < 4.78 is 42.3. The van der Waals surface area contributed by atoms with Crippen LogP contribution in [0.2, 0.25) is 0 Å². The molecule has 1 saturated heterocycles. The van der Waals surface area contributed by atoms with Crippen molar-refractivity contribution in [3.63, 3.8) is 0 Å². The van der Waals surface area contributed by atoms with E-state index in [4.69, 9.17) is 0 Å². The molecule has 1 atom stereocenters. The number of rotatable bonds is 3. The predicted octanol–water partition coefficient (Wildman–Crippen LogP) is 4.94. The molecule has 0 radical (unpaired) electrons. The van der Waals surface area contributed by atoms with Gasteiger partial charge in [-0.1, -0.05) is 44.2 Å². The van der Waals surface area contributed by atoms with Crippen molar-refractivity contribution < 1.29 is 18.0 Å². The molecule has 1 heterocycles. The van der Waals surface area contributed by atoms with Crippen LogP contribution in [0.5, 0.6) is 0 Å². The average Bonchev–Trinajstić information content (AvgIpc) is 2.78. The molecular formula is C20H23F3N2O. The van der Waals surface area contributed by atoms with E-state index in [0.717, 1.165) is 15.8 Å². The smallest absolute Gasteiger partial charge is 0.287 e. The summed E-state index contributed by atoms with van der Waals surface area (Å²) in [5.74, 6) is -0.468. The largest absolute Gasteiger partial charge is 0.409 e. The average molecular weight is 364 g/mol. The van der Waals surface area contributed by atoms with E-state index in [-0.39, 0.29) is 18.0 Å². The standard InChI is InChI=1S/C20H23F3N2O/c1-12(2)15-9-13-7-5-6-8-14(13)10-16(15)17(20(21,22)23)25-11-19(3,4)18(26)24-25/h5-10,12,17H,11H2,1-4H3,(H,24,26)/t17-/m0/s1. The molecule has 0 spiro atoms. The fraction of sp³-hybridized carbons (Fsp3) is 0.450. The maximum Gasteiger partial charge on any atom is 0.409 e. The number of hydrazine groups is 1. The fourth-order valence-electron chi connectivity index (χ4n) is 3.51. The number of amides is 1. The zero-order chi connectivity index (χ0) is 19.3. The maximum atomic E-state index is 14.1. The van der Waals surface area contributed by atoms with Crippen molar-refractivity contribution in [1.29, 1.82) is 0 Å². The molecule has 2 aromatic carbocycles. The molecule has 1 amide bonds. The van der Waals surface area contributed by atoms with Crippen molar-refractivity contribution in [3.8, 4) is 0 Å². The highest BCUT2D eigenvalue weighted by atomic mass is 19.4. The minimum absolute atomic E-state index is 0.000369. The van der Waals surface area contributed by atoms with E-state index in [0.29, 0.717) is 5.56 Å². The highest BCUT2D eigenvalue weighted by Gasteiger charge is 2.51. The SMILES string of the molecule is CC(C)c1cc2ccccc2cc1[C@H](N1CC(C)(C)C(=O)N1)C(F)(F)F. The van der Waals surface area contributed by atoms with Crippen molar-refractivity contribution in [2.75, 3.05) is 6.54 Å². The van der Waals surface area contributed by atoms with Gasteiger partial charge in [-0.15, -0.1) is 0 Å². The third kappa shape index (κ3) is 3.30. The molecule has 3 nitrogen and oxygen atoms in total. The third-order valence-electron chi connectivity index (χ3n) is 4.92. The van der Waals surface area contributed by atoms with Gasteiger partial charge < -0.3 is 0 Å². The number of nitrogens with zero attached hydrogens (tertiary/aromatic N) is 1. The van der Waals surface area contributed by atoms with Crippen LogP contribution in [0.4, 0.5) is 13.2 Å². The number of halogens is 3. The Morgan fingerprint density at radius 3 is 2.04 bits per heavy atom. The van der Waals surface area contributed by atoms with Crippen molar-refractivity contribution in [3.05, 3.63) is 47.5 Å². The summed E-state index contributed by atoms with van der Waals surface area (Å²) in [6.45, 7) is 7.07. The fourth-order valence-corrected chi connectivity index (χ4v) is 3.51. The Kier molecular flexibility index (Phi) is 4.51. The Balaban J connectivity index is 2.18. The van der Waals surface area contributed by atoms with Gasteiger partial charge in [-0.25, -0.2) is 5.01 Å². The normalized spacial score (nSPS) is 19.2. The molecule has 1 aliphatic rings.